The predicted octanol–water partition coefficient (Wildman–Crippen LogP) is 2.64. The fraction of sp³-hybridized carbons (Fsp3) is 0.308. The second-order valence-corrected chi connectivity index (χ2v) is 5.11. The lowest BCUT2D eigenvalue weighted by Crippen LogP contribution is -2.15. The van der Waals surface area contributed by atoms with E-state index in [1.807, 2.05) is 38.2 Å². The number of nitrogens with one attached hydrogen (secondary N) is 1. The Labute approximate surface area is 115 Å². The highest BCUT2D eigenvalue weighted by Crippen LogP contribution is 2.22. The van der Waals surface area contributed by atoms with E-state index in [0.29, 0.717) is 0 Å². The van der Waals surface area contributed by atoms with E-state index in [9.17, 15) is 5.11 Å². The van der Waals surface area contributed by atoms with E-state index in [4.69, 9.17) is 0 Å². The van der Waals surface area contributed by atoms with Crippen LogP contribution in [0.1, 0.15) is 17.3 Å². The molecule has 1 aromatic carbocycles. The number of anilines is 1. The van der Waals surface area contributed by atoms with Gasteiger partial charge >= 0.3 is 0 Å². The molecule has 0 saturated heterocycles. The van der Waals surface area contributed by atoms with Gasteiger partial charge in [0.25, 0.3) is 0 Å². The predicted molar refractivity (Wildman–Crippen MR) is 75.5 cm³/mol. The van der Waals surface area contributed by atoms with Crippen molar-refractivity contribution in [3.05, 3.63) is 46.2 Å². The van der Waals surface area contributed by atoms with Crippen LogP contribution in [0.25, 0.3) is 0 Å². The highest BCUT2D eigenvalue weighted by Gasteiger charge is 2.15. The summed E-state index contributed by atoms with van der Waals surface area (Å²) in [5.74, 6) is 0. The van der Waals surface area contributed by atoms with Crippen LogP contribution in [0, 0.1) is 6.92 Å². The van der Waals surface area contributed by atoms with Gasteiger partial charge in [0, 0.05) is 28.5 Å². The molecular formula is C13H16BrN3O. The molecule has 4 nitrogen and oxygen atoms in total. The van der Waals surface area contributed by atoms with Crippen molar-refractivity contribution in [1.82, 2.24) is 9.78 Å². The third kappa shape index (κ3) is 2.73. The molecule has 5 heteroatoms. The second kappa shape index (κ2) is 5.54. The van der Waals surface area contributed by atoms with Crippen LogP contribution in [0.15, 0.2) is 34.9 Å². The highest BCUT2D eigenvalue weighted by molar-refractivity contribution is 9.10. The Morgan fingerprint density at radius 3 is 2.56 bits per heavy atom. The van der Waals surface area contributed by atoms with E-state index in [1.54, 1.807) is 10.9 Å². The van der Waals surface area contributed by atoms with Gasteiger partial charge < -0.3 is 10.4 Å². The number of benzene rings is 1. The molecule has 0 saturated carbocycles. The van der Waals surface area contributed by atoms with Crippen molar-refractivity contribution in [2.45, 2.75) is 13.0 Å². The number of aliphatic hydroxyl groups excluding tert-OH is 1. The SMILES string of the molecule is Cc1c(C(CO)Nc2ccc(Br)cc2)cnn1C. The standard InChI is InChI=1S/C13H16BrN3O/c1-9-12(7-15-17(9)2)13(8-18)16-11-5-3-10(14)4-6-11/h3-7,13,16,18H,8H2,1-2H3. The number of aromatic nitrogens is 2. The van der Waals surface area contributed by atoms with Crippen LogP contribution < -0.4 is 5.32 Å². The van der Waals surface area contributed by atoms with Crippen molar-refractivity contribution in [3.8, 4) is 0 Å². The Morgan fingerprint density at radius 2 is 2.06 bits per heavy atom. The lowest BCUT2D eigenvalue weighted by atomic mass is 10.1. The summed E-state index contributed by atoms with van der Waals surface area (Å²) in [6.07, 6.45) is 1.79. The summed E-state index contributed by atoms with van der Waals surface area (Å²) in [5.41, 5.74) is 3.04. The van der Waals surface area contributed by atoms with E-state index in [0.717, 1.165) is 21.4 Å². The van der Waals surface area contributed by atoms with Crippen LogP contribution in [-0.2, 0) is 7.05 Å². The molecule has 0 aliphatic carbocycles. The molecule has 1 atom stereocenters. The van der Waals surface area contributed by atoms with E-state index >= 15 is 0 Å². The van der Waals surface area contributed by atoms with Crippen LogP contribution in [-0.4, -0.2) is 21.5 Å². The Hall–Kier alpha value is -1.33. The minimum atomic E-state index is -0.139. The number of halogens is 1. The maximum absolute atomic E-state index is 9.52. The van der Waals surface area contributed by atoms with Crippen LogP contribution in [0.5, 0.6) is 0 Å². The molecule has 0 bridgehead atoms. The topological polar surface area (TPSA) is 50.1 Å². The molecule has 0 radical (unpaired) electrons. The van der Waals surface area contributed by atoms with Crippen molar-refractivity contribution >= 4 is 21.6 Å². The lowest BCUT2D eigenvalue weighted by molar-refractivity contribution is 0.276. The first-order chi connectivity index (χ1) is 8.61. The first kappa shape index (κ1) is 13.1. The van der Waals surface area contributed by atoms with Crippen molar-refractivity contribution < 1.29 is 5.11 Å². The lowest BCUT2D eigenvalue weighted by Gasteiger charge is -2.17. The van der Waals surface area contributed by atoms with Crippen LogP contribution in [0.3, 0.4) is 0 Å². The van der Waals surface area contributed by atoms with Crippen molar-refractivity contribution in [2.75, 3.05) is 11.9 Å². The number of aryl methyl sites for hydroxylation is 1. The molecule has 96 valence electrons. The fourth-order valence-corrected chi connectivity index (χ4v) is 2.09. The monoisotopic (exact) mass is 309 g/mol. The van der Waals surface area contributed by atoms with Gasteiger partial charge in [-0.3, -0.25) is 4.68 Å². The maximum atomic E-state index is 9.52. The van der Waals surface area contributed by atoms with Gasteiger partial charge in [-0.2, -0.15) is 5.10 Å². The van der Waals surface area contributed by atoms with E-state index in [-0.39, 0.29) is 12.6 Å². The molecule has 1 heterocycles. The quantitative estimate of drug-likeness (QED) is 0.913. The highest BCUT2D eigenvalue weighted by atomic mass is 79.9. The Balaban J connectivity index is 2.19. The summed E-state index contributed by atoms with van der Waals surface area (Å²) in [7, 11) is 1.90. The third-order valence-corrected chi connectivity index (χ3v) is 3.54. The average molecular weight is 310 g/mol. The minimum absolute atomic E-state index is 0.0304. The van der Waals surface area contributed by atoms with Gasteiger partial charge in [0.2, 0.25) is 0 Å². The van der Waals surface area contributed by atoms with Crippen LogP contribution in [0.2, 0.25) is 0 Å². The number of hydrogen-bond donors (Lipinski definition) is 2. The summed E-state index contributed by atoms with van der Waals surface area (Å²) >= 11 is 3.40. The summed E-state index contributed by atoms with van der Waals surface area (Å²) in [4.78, 5) is 0. The van der Waals surface area contributed by atoms with E-state index < -0.39 is 0 Å². The van der Waals surface area contributed by atoms with Crippen LogP contribution >= 0.6 is 15.9 Å². The Kier molecular flexibility index (Phi) is 4.04. The van der Waals surface area contributed by atoms with Gasteiger partial charge in [0.15, 0.2) is 0 Å². The number of aliphatic hydroxyl groups is 1. The zero-order valence-electron chi connectivity index (χ0n) is 10.4. The molecule has 0 amide bonds. The molecule has 1 unspecified atom stereocenters. The summed E-state index contributed by atoms with van der Waals surface area (Å²) in [6.45, 7) is 2.02. The largest absolute Gasteiger partial charge is 0.394 e. The zero-order valence-corrected chi connectivity index (χ0v) is 12.0. The van der Waals surface area contributed by atoms with E-state index in [2.05, 4.69) is 26.3 Å². The van der Waals surface area contributed by atoms with Gasteiger partial charge in [-0.15, -0.1) is 0 Å². The second-order valence-electron chi connectivity index (χ2n) is 4.20. The van der Waals surface area contributed by atoms with Gasteiger partial charge in [-0.05, 0) is 31.2 Å². The van der Waals surface area contributed by atoms with E-state index in [1.165, 1.54) is 0 Å². The molecule has 2 rings (SSSR count). The molecule has 0 spiro atoms. The normalized spacial score (nSPS) is 12.4. The number of rotatable bonds is 4. The minimum Gasteiger partial charge on any atom is -0.394 e. The molecular weight excluding hydrogens is 294 g/mol. The Bertz CT molecular complexity index is 522. The molecule has 0 fully saturated rings. The van der Waals surface area contributed by atoms with Gasteiger partial charge in [0.05, 0.1) is 18.8 Å². The molecule has 2 aromatic rings. The zero-order chi connectivity index (χ0) is 13.1. The van der Waals surface area contributed by atoms with Crippen molar-refractivity contribution in [3.63, 3.8) is 0 Å². The maximum Gasteiger partial charge on any atom is 0.0778 e. The van der Waals surface area contributed by atoms with Crippen molar-refractivity contribution in [2.24, 2.45) is 7.05 Å². The Morgan fingerprint density at radius 1 is 1.39 bits per heavy atom. The van der Waals surface area contributed by atoms with Gasteiger partial charge in [-0.25, -0.2) is 0 Å². The first-order valence-corrected chi connectivity index (χ1v) is 6.52. The van der Waals surface area contributed by atoms with Gasteiger partial charge in [-0.1, -0.05) is 15.9 Å². The summed E-state index contributed by atoms with van der Waals surface area (Å²) < 4.78 is 2.84. The van der Waals surface area contributed by atoms with Crippen LogP contribution in [0.4, 0.5) is 5.69 Å². The molecule has 0 aliphatic heterocycles. The third-order valence-electron chi connectivity index (χ3n) is 3.02. The molecule has 18 heavy (non-hydrogen) atoms. The molecule has 1 aromatic heterocycles. The average Bonchev–Trinajstić information content (AvgIpc) is 2.70. The number of nitrogens with zero attached hydrogens (tertiary/aromatic N) is 2. The van der Waals surface area contributed by atoms with Gasteiger partial charge in [0.1, 0.15) is 0 Å². The first-order valence-electron chi connectivity index (χ1n) is 5.73. The smallest absolute Gasteiger partial charge is 0.0778 e. The molecule has 2 N–H and O–H groups in total. The fourth-order valence-electron chi connectivity index (χ4n) is 1.83. The molecule has 0 aliphatic rings. The number of hydrogen-bond acceptors (Lipinski definition) is 3. The summed E-state index contributed by atoms with van der Waals surface area (Å²) in [6, 6.07) is 7.73. The summed E-state index contributed by atoms with van der Waals surface area (Å²) in [5, 5.41) is 17.0. The van der Waals surface area contributed by atoms with Crippen molar-refractivity contribution in [1.29, 1.82) is 0 Å².